The third-order valence-electron chi connectivity index (χ3n) is 6.68. The van der Waals surface area contributed by atoms with Crippen molar-refractivity contribution in [2.45, 2.75) is 33.2 Å². The van der Waals surface area contributed by atoms with Crippen molar-refractivity contribution in [2.75, 3.05) is 18.4 Å². The number of likely N-dealkylation sites (tertiary alicyclic amines) is 1. The van der Waals surface area contributed by atoms with Crippen LogP contribution in [0.1, 0.15) is 29.8 Å². The number of rotatable bonds is 5. The molecule has 1 amide bonds. The summed E-state index contributed by atoms with van der Waals surface area (Å²) >= 11 is 0. The summed E-state index contributed by atoms with van der Waals surface area (Å²) in [5, 5.41) is 3.12. The maximum absolute atomic E-state index is 12.9. The molecule has 2 heterocycles. The number of carbonyl (C=O) groups is 1. The molecule has 1 aliphatic heterocycles. The predicted octanol–water partition coefficient (Wildman–Crippen LogP) is 5.76. The van der Waals surface area contributed by atoms with Crippen LogP contribution >= 0.6 is 0 Å². The second-order valence-electron chi connectivity index (χ2n) is 9.23. The number of carbonyl (C=O) groups excluding carboxylic acids is 1. The average Bonchev–Trinajstić information content (AvgIpc) is 2.85. The molecule has 5 nitrogen and oxygen atoms in total. The van der Waals surface area contributed by atoms with Gasteiger partial charge in [0.1, 0.15) is 0 Å². The fourth-order valence-corrected chi connectivity index (χ4v) is 4.65. The van der Waals surface area contributed by atoms with Crippen LogP contribution in [0.3, 0.4) is 0 Å². The fraction of sp³-hybridized carbons (Fsp3) is 0.276. The van der Waals surface area contributed by atoms with Gasteiger partial charge in [-0.3, -0.25) is 9.69 Å². The SMILES string of the molecule is Cc1cccc(-c2ccc(NC(=O)C3CCN(Cc4nc5ccccc5nc4C)CC3)cc2)c1. The molecule has 172 valence electrons. The molecule has 1 aliphatic rings. The topological polar surface area (TPSA) is 58.1 Å². The van der Waals surface area contributed by atoms with Crippen LogP contribution in [0, 0.1) is 19.8 Å². The van der Waals surface area contributed by atoms with Gasteiger partial charge in [0.2, 0.25) is 5.91 Å². The first-order valence-electron chi connectivity index (χ1n) is 12.0. The molecule has 0 radical (unpaired) electrons. The van der Waals surface area contributed by atoms with Gasteiger partial charge in [-0.15, -0.1) is 0 Å². The third-order valence-corrected chi connectivity index (χ3v) is 6.68. The van der Waals surface area contributed by atoms with Gasteiger partial charge < -0.3 is 5.32 Å². The summed E-state index contributed by atoms with van der Waals surface area (Å²) in [7, 11) is 0. The number of amides is 1. The van der Waals surface area contributed by atoms with Crippen LogP contribution < -0.4 is 5.32 Å². The lowest BCUT2D eigenvalue weighted by Gasteiger charge is -2.31. The Balaban J connectivity index is 1.16. The summed E-state index contributed by atoms with van der Waals surface area (Å²) in [6, 6.07) is 24.6. The summed E-state index contributed by atoms with van der Waals surface area (Å²) < 4.78 is 0. The van der Waals surface area contributed by atoms with E-state index in [1.165, 1.54) is 11.1 Å². The second kappa shape index (κ2) is 9.74. The maximum Gasteiger partial charge on any atom is 0.227 e. The molecule has 1 saturated heterocycles. The van der Waals surface area contributed by atoms with E-state index in [0.29, 0.717) is 0 Å². The van der Waals surface area contributed by atoms with Crippen LogP contribution in [0.5, 0.6) is 0 Å². The van der Waals surface area contributed by atoms with Crippen molar-refractivity contribution in [3.8, 4) is 11.1 Å². The van der Waals surface area contributed by atoms with Gasteiger partial charge in [0.15, 0.2) is 0 Å². The van der Waals surface area contributed by atoms with E-state index in [9.17, 15) is 4.79 Å². The highest BCUT2D eigenvalue weighted by Crippen LogP contribution is 2.25. The molecule has 0 saturated carbocycles. The van der Waals surface area contributed by atoms with E-state index in [0.717, 1.165) is 66.1 Å². The second-order valence-corrected chi connectivity index (χ2v) is 9.23. The molecule has 0 aliphatic carbocycles. The van der Waals surface area contributed by atoms with Gasteiger partial charge in [0, 0.05) is 18.2 Å². The number of hydrogen-bond acceptors (Lipinski definition) is 4. The largest absolute Gasteiger partial charge is 0.326 e. The number of aryl methyl sites for hydroxylation is 2. The standard InChI is InChI=1S/C29H30N4O/c1-20-6-5-7-24(18-20)22-10-12-25(13-11-22)31-29(34)23-14-16-33(17-15-23)19-28-21(2)30-26-8-3-4-9-27(26)32-28/h3-13,18,23H,14-17,19H2,1-2H3,(H,31,34). The molecule has 5 rings (SSSR count). The Labute approximate surface area is 200 Å². The van der Waals surface area contributed by atoms with E-state index in [4.69, 9.17) is 9.97 Å². The van der Waals surface area contributed by atoms with Crippen molar-refractivity contribution in [3.63, 3.8) is 0 Å². The minimum atomic E-state index is 0.0384. The summed E-state index contributed by atoms with van der Waals surface area (Å²) in [6.07, 6.45) is 1.71. The predicted molar refractivity (Wildman–Crippen MR) is 138 cm³/mol. The molecule has 34 heavy (non-hydrogen) atoms. The van der Waals surface area contributed by atoms with Crippen molar-refractivity contribution in [1.29, 1.82) is 0 Å². The van der Waals surface area contributed by atoms with Crippen LogP contribution in [0.25, 0.3) is 22.2 Å². The molecule has 4 aromatic rings. The summed E-state index contributed by atoms with van der Waals surface area (Å²) in [5.74, 6) is 0.154. The van der Waals surface area contributed by atoms with Crippen molar-refractivity contribution in [2.24, 2.45) is 5.92 Å². The van der Waals surface area contributed by atoms with E-state index < -0.39 is 0 Å². The Bertz CT molecular complexity index is 1310. The zero-order chi connectivity index (χ0) is 23.5. The molecule has 0 atom stereocenters. The van der Waals surface area contributed by atoms with E-state index in [1.807, 2.05) is 43.3 Å². The number of nitrogens with zero attached hydrogens (tertiary/aromatic N) is 3. The zero-order valence-electron chi connectivity index (χ0n) is 19.8. The normalized spacial score (nSPS) is 14.9. The highest BCUT2D eigenvalue weighted by Gasteiger charge is 2.25. The van der Waals surface area contributed by atoms with Gasteiger partial charge in [-0.1, -0.05) is 54.1 Å². The number of benzene rings is 3. The van der Waals surface area contributed by atoms with Crippen LogP contribution in [0.4, 0.5) is 5.69 Å². The Morgan fingerprint density at radius 2 is 1.59 bits per heavy atom. The van der Waals surface area contributed by atoms with E-state index in [2.05, 4.69) is 53.5 Å². The quantitative estimate of drug-likeness (QED) is 0.420. The number of aromatic nitrogens is 2. The molecular formula is C29H30N4O. The van der Waals surface area contributed by atoms with Crippen LogP contribution in [0.2, 0.25) is 0 Å². The number of anilines is 1. The van der Waals surface area contributed by atoms with Crippen LogP contribution in [0.15, 0.2) is 72.8 Å². The number of nitrogens with one attached hydrogen (secondary N) is 1. The number of piperidine rings is 1. The molecule has 1 aromatic heterocycles. The summed E-state index contributed by atoms with van der Waals surface area (Å²) in [4.78, 5) is 24.8. The smallest absolute Gasteiger partial charge is 0.227 e. The molecular weight excluding hydrogens is 420 g/mol. The van der Waals surface area contributed by atoms with Gasteiger partial charge >= 0.3 is 0 Å². The maximum atomic E-state index is 12.9. The lowest BCUT2D eigenvalue weighted by Crippen LogP contribution is -2.38. The first-order chi connectivity index (χ1) is 16.5. The van der Waals surface area contributed by atoms with Crippen molar-refractivity contribution in [1.82, 2.24) is 14.9 Å². The average molecular weight is 451 g/mol. The van der Waals surface area contributed by atoms with Crippen molar-refractivity contribution < 1.29 is 4.79 Å². The minimum Gasteiger partial charge on any atom is -0.326 e. The third kappa shape index (κ3) is 5.00. The summed E-state index contributed by atoms with van der Waals surface area (Å²) in [5.41, 5.74) is 8.31. The van der Waals surface area contributed by atoms with Crippen molar-refractivity contribution >= 4 is 22.6 Å². The van der Waals surface area contributed by atoms with E-state index in [1.54, 1.807) is 0 Å². The highest BCUT2D eigenvalue weighted by atomic mass is 16.1. The molecule has 0 unspecified atom stereocenters. The molecule has 0 bridgehead atoms. The Kier molecular flexibility index (Phi) is 6.37. The molecule has 3 aromatic carbocycles. The molecule has 0 spiro atoms. The number of para-hydroxylation sites is 2. The Morgan fingerprint density at radius 1 is 0.882 bits per heavy atom. The Morgan fingerprint density at radius 3 is 2.29 bits per heavy atom. The first kappa shape index (κ1) is 22.2. The van der Waals surface area contributed by atoms with Gasteiger partial charge in [0.05, 0.1) is 22.4 Å². The zero-order valence-corrected chi connectivity index (χ0v) is 19.8. The number of hydrogen-bond donors (Lipinski definition) is 1. The summed E-state index contributed by atoms with van der Waals surface area (Å²) in [6.45, 7) is 6.67. The Hall–Kier alpha value is -3.57. The van der Waals surface area contributed by atoms with Crippen LogP contribution in [-0.2, 0) is 11.3 Å². The number of fused-ring (bicyclic) bond motifs is 1. The highest BCUT2D eigenvalue weighted by molar-refractivity contribution is 5.92. The van der Waals surface area contributed by atoms with E-state index >= 15 is 0 Å². The van der Waals surface area contributed by atoms with Crippen LogP contribution in [-0.4, -0.2) is 33.9 Å². The van der Waals surface area contributed by atoms with E-state index in [-0.39, 0.29) is 11.8 Å². The first-order valence-corrected chi connectivity index (χ1v) is 12.0. The molecule has 5 heteroatoms. The monoisotopic (exact) mass is 450 g/mol. The van der Waals surface area contributed by atoms with Gasteiger partial charge in [-0.25, -0.2) is 9.97 Å². The molecule has 1 N–H and O–H groups in total. The lowest BCUT2D eigenvalue weighted by atomic mass is 9.95. The minimum absolute atomic E-state index is 0.0384. The van der Waals surface area contributed by atoms with Gasteiger partial charge in [-0.2, -0.15) is 0 Å². The van der Waals surface area contributed by atoms with Crippen molar-refractivity contribution in [3.05, 3.63) is 89.7 Å². The molecule has 1 fully saturated rings. The van der Waals surface area contributed by atoms with Gasteiger partial charge in [0.25, 0.3) is 0 Å². The fourth-order valence-electron chi connectivity index (χ4n) is 4.65. The van der Waals surface area contributed by atoms with Gasteiger partial charge in [-0.05, 0) is 75.2 Å². The lowest BCUT2D eigenvalue weighted by molar-refractivity contribution is -0.121.